The second-order valence-corrected chi connectivity index (χ2v) is 5.13. The molecule has 1 atom stereocenters. The monoisotopic (exact) mass is 270 g/mol. The maximum Gasteiger partial charge on any atom is 0.272 e. The lowest BCUT2D eigenvalue weighted by Gasteiger charge is -2.15. The van der Waals surface area contributed by atoms with Crippen LogP contribution in [0.25, 0.3) is 0 Å². The Morgan fingerprint density at radius 3 is 2.40 bits per heavy atom. The molecule has 0 aliphatic heterocycles. The summed E-state index contributed by atoms with van der Waals surface area (Å²) in [4.78, 5) is 10.8. The van der Waals surface area contributed by atoms with E-state index in [2.05, 4.69) is 0 Å². The lowest BCUT2D eigenvalue weighted by atomic mass is 9.94. The quantitative estimate of drug-likeness (QED) is 0.684. The first-order valence-electron chi connectivity index (χ1n) is 6.48. The van der Waals surface area contributed by atoms with Crippen molar-refractivity contribution in [1.29, 1.82) is 0 Å². The van der Waals surface area contributed by atoms with E-state index >= 15 is 0 Å². The first-order chi connectivity index (χ1) is 9.40. The Balaban J connectivity index is 2.50. The molecular weight excluding hydrogens is 252 g/mol. The summed E-state index contributed by atoms with van der Waals surface area (Å²) in [5.41, 5.74) is 10.8. The van der Waals surface area contributed by atoms with Crippen molar-refractivity contribution in [2.45, 2.75) is 26.8 Å². The van der Waals surface area contributed by atoms with E-state index in [0.29, 0.717) is 5.56 Å². The van der Waals surface area contributed by atoms with E-state index in [9.17, 15) is 10.1 Å². The third-order valence-electron chi connectivity index (χ3n) is 3.62. The third kappa shape index (κ3) is 2.70. The van der Waals surface area contributed by atoms with Crippen LogP contribution in [0.4, 0.5) is 5.69 Å². The van der Waals surface area contributed by atoms with E-state index in [-0.39, 0.29) is 16.7 Å². The van der Waals surface area contributed by atoms with Gasteiger partial charge in [-0.3, -0.25) is 10.1 Å². The number of nitro groups is 1. The van der Waals surface area contributed by atoms with Gasteiger partial charge in [0.15, 0.2) is 0 Å². The van der Waals surface area contributed by atoms with Crippen molar-refractivity contribution in [2.24, 2.45) is 5.73 Å². The van der Waals surface area contributed by atoms with Gasteiger partial charge in [-0.15, -0.1) is 0 Å². The highest BCUT2D eigenvalue weighted by molar-refractivity contribution is 5.49. The summed E-state index contributed by atoms with van der Waals surface area (Å²) in [6.45, 7) is 5.63. The van der Waals surface area contributed by atoms with Gasteiger partial charge in [0.1, 0.15) is 0 Å². The molecule has 0 amide bonds. The fourth-order valence-electron chi connectivity index (χ4n) is 2.29. The molecule has 0 spiro atoms. The van der Waals surface area contributed by atoms with Crippen LogP contribution in [0.5, 0.6) is 0 Å². The molecule has 0 aliphatic carbocycles. The highest BCUT2D eigenvalue weighted by Gasteiger charge is 2.18. The average molecular weight is 270 g/mol. The Morgan fingerprint density at radius 2 is 1.80 bits per heavy atom. The highest BCUT2D eigenvalue weighted by Crippen LogP contribution is 2.28. The summed E-state index contributed by atoms with van der Waals surface area (Å²) in [6, 6.07) is 11.0. The fourth-order valence-corrected chi connectivity index (χ4v) is 2.29. The minimum absolute atomic E-state index is 0.128. The van der Waals surface area contributed by atoms with Crippen molar-refractivity contribution >= 4 is 5.69 Å². The molecular formula is C16H18N2O2. The van der Waals surface area contributed by atoms with Crippen LogP contribution in [0.1, 0.15) is 33.9 Å². The molecule has 2 aromatic rings. The van der Waals surface area contributed by atoms with Crippen molar-refractivity contribution in [2.75, 3.05) is 0 Å². The summed E-state index contributed by atoms with van der Waals surface area (Å²) in [5, 5.41) is 11.1. The summed E-state index contributed by atoms with van der Waals surface area (Å²) >= 11 is 0. The van der Waals surface area contributed by atoms with E-state index in [0.717, 1.165) is 22.3 Å². The zero-order valence-corrected chi connectivity index (χ0v) is 11.9. The molecule has 0 fully saturated rings. The largest absolute Gasteiger partial charge is 0.320 e. The van der Waals surface area contributed by atoms with Crippen molar-refractivity contribution in [1.82, 2.24) is 0 Å². The highest BCUT2D eigenvalue weighted by atomic mass is 16.6. The van der Waals surface area contributed by atoms with E-state index in [1.54, 1.807) is 13.0 Å². The lowest BCUT2D eigenvalue weighted by Crippen LogP contribution is -2.13. The van der Waals surface area contributed by atoms with Gasteiger partial charge >= 0.3 is 0 Å². The zero-order chi connectivity index (χ0) is 14.9. The van der Waals surface area contributed by atoms with Gasteiger partial charge in [-0.1, -0.05) is 35.9 Å². The summed E-state index contributed by atoms with van der Waals surface area (Å²) in [6.07, 6.45) is 0. The Bertz CT molecular complexity index is 666. The molecule has 4 heteroatoms. The number of nitrogens with zero attached hydrogens (tertiary/aromatic N) is 1. The minimum atomic E-state index is -0.354. The second kappa shape index (κ2) is 5.43. The van der Waals surface area contributed by atoms with Crippen LogP contribution in [0, 0.1) is 30.9 Å². The van der Waals surface area contributed by atoms with Gasteiger partial charge < -0.3 is 5.73 Å². The van der Waals surface area contributed by atoms with E-state index in [4.69, 9.17) is 5.73 Å². The van der Waals surface area contributed by atoms with Crippen LogP contribution in [-0.2, 0) is 0 Å². The number of hydrogen-bond acceptors (Lipinski definition) is 3. The van der Waals surface area contributed by atoms with Crippen LogP contribution in [0.15, 0.2) is 36.4 Å². The fraction of sp³-hybridized carbons (Fsp3) is 0.250. The molecule has 4 nitrogen and oxygen atoms in total. The van der Waals surface area contributed by atoms with Crippen LogP contribution in [-0.4, -0.2) is 4.92 Å². The standard InChI is InChI=1S/C16H18N2O2/c1-10-5-4-6-13(7-10)16(17)14-8-11(2)12(3)15(9-14)18(19)20/h4-9,16H,17H2,1-3H3. The normalized spacial score (nSPS) is 12.2. The molecule has 2 aromatic carbocycles. The van der Waals surface area contributed by atoms with Crippen molar-refractivity contribution < 1.29 is 4.92 Å². The predicted octanol–water partition coefficient (Wildman–Crippen LogP) is 3.57. The van der Waals surface area contributed by atoms with E-state index in [1.807, 2.05) is 44.2 Å². The van der Waals surface area contributed by atoms with E-state index < -0.39 is 0 Å². The molecule has 2 rings (SSSR count). The zero-order valence-electron chi connectivity index (χ0n) is 11.9. The predicted molar refractivity (Wildman–Crippen MR) is 79.8 cm³/mol. The van der Waals surface area contributed by atoms with Gasteiger partial charge in [0.05, 0.1) is 11.0 Å². The molecule has 0 saturated carbocycles. The number of nitro benzene ring substituents is 1. The number of hydrogen-bond donors (Lipinski definition) is 1. The van der Waals surface area contributed by atoms with Crippen LogP contribution in [0.3, 0.4) is 0 Å². The van der Waals surface area contributed by atoms with E-state index in [1.165, 1.54) is 0 Å². The number of aryl methyl sites for hydroxylation is 2. The molecule has 0 radical (unpaired) electrons. The van der Waals surface area contributed by atoms with Gasteiger partial charge in [0, 0.05) is 11.6 Å². The van der Waals surface area contributed by atoms with Crippen LogP contribution < -0.4 is 5.73 Å². The van der Waals surface area contributed by atoms with Gasteiger partial charge in [-0.2, -0.15) is 0 Å². The Labute approximate surface area is 118 Å². The summed E-state index contributed by atoms with van der Waals surface area (Å²) in [7, 11) is 0. The SMILES string of the molecule is Cc1cccc(C(N)c2cc(C)c(C)c([N+](=O)[O-])c2)c1. The van der Waals surface area contributed by atoms with Crippen molar-refractivity contribution in [3.05, 3.63) is 74.3 Å². The first-order valence-corrected chi connectivity index (χ1v) is 6.48. The summed E-state index contributed by atoms with van der Waals surface area (Å²) < 4.78 is 0. The van der Waals surface area contributed by atoms with Gasteiger partial charge in [0.2, 0.25) is 0 Å². The van der Waals surface area contributed by atoms with Crippen LogP contribution >= 0.6 is 0 Å². The van der Waals surface area contributed by atoms with Crippen molar-refractivity contribution in [3.8, 4) is 0 Å². The summed E-state index contributed by atoms with van der Waals surface area (Å²) in [5.74, 6) is 0. The molecule has 104 valence electrons. The first kappa shape index (κ1) is 14.2. The molecule has 0 saturated heterocycles. The van der Waals surface area contributed by atoms with Gasteiger partial charge in [-0.05, 0) is 37.5 Å². The maximum absolute atomic E-state index is 11.1. The molecule has 0 aromatic heterocycles. The minimum Gasteiger partial charge on any atom is -0.320 e. The number of rotatable bonds is 3. The Morgan fingerprint density at radius 1 is 1.10 bits per heavy atom. The maximum atomic E-state index is 11.1. The smallest absolute Gasteiger partial charge is 0.272 e. The molecule has 1 unspecified atom stereocenters. The van der Waals surface area contributed by atoms with Gasteiger partial charge in [0.25, 0.3) is 5.69 Å². The molecule has 0 heterocycles. The topological polar surface area (TPSA) is 69.2 Å². The lowest BCUT2D eigenvalue weighted by molar-refractivity contribution is -0.385. The average Bonchev–Trinajstić information content (AvgIpc) is 2.40. The third-order valence-corrected chi connectivity index (χ3v) is 3.62. The second-order valence-electron chi connectivity index (χ2n) is 5.13. The number of benzene rings is 2. The van der Waals surface area contributed by atoms with Gasteiger partial charge in [-0.25, -0.2) is 0 Å². The molecule has 0 aliphatic rings. The molecule has 20 heavy (non-hydrogen) atoms. The molecule has 0 bridgehead atoms. The Hall–Kier alpha value is -2.20. The number of nitrogens with two attached hydrogens (primary N) is 1. The molecule has 2 N–H and O–H groups in total. The van der Waals surface area contributed by atoms with Crippen LogP contribution in [0.2, 0.25) is 0 Å². The Kier molecular flexibility index (Phi) is 3.86. The van der Waals surface area contributed by atoms with Crippen molar-refractivity contribution in [3.63, 3.8) is 0 Å².